The number of hydrogen-bond acceptors (Lipinski definition) is 5. The summed E-state index contributed by atoms with van der Waals surface area (Å²) in [5.41, 5.74) is 2.23. The van der Waals surface area contributed by atoms with Crippen molar-refractivity contribution in [3.63, 3.8) is 0 Å². The van der Waals surface area contributed by atoms with Crippen molar-refractivity contribution in [3.05, 3.63) is 59.7 Å². The Kier molecular flexibility index (Phi) is 5.40. The predicted octanol–water partition coefficient (Wildman–Crippen LogP) is 6.22. The summed E-state index contributed by atoms with van der Waals surface area (Å²) < 4.78 is 36.1. The van der Waals surface area contributed by atoms with Crippen LogP contribution in [0.3, 0.4) is 0 Å². The predicted molar refractivity (Wildman–Crippen MR) is 130 cm³/mol. The van der Waals surface area contributed by atoms with Crippen LogP contribution >= 0.6 is 12.0 Å². The van der Waals surface area contributed by atoms with E-state index >= 15 is 0 Å². The number of halogens is 2. The van der Waals surface area contributed by atoms with Gasteiger partial charge in [-0.2, -0.15) is 8.78 Å². The van der Waals surface area contributed by atoms with Crippen molar-refractivity contribution in [1.82, 2.24) is 0 Å². The summed E-state index contributed by atoms with van der Waals surface area (Å²) in [5, 5.41) is 11.2. The average Bonchev–Trinajstić information content (AvgIpc) is 2.82. The van der Waals surface area contributed by atoms with Gasteiger partial charge in [0.05, 0.1) is 18.6 Å². The van der Waals surface area contributed by atoms with E-state index in [2.05, 4.69) is 59.8 Å². The third-order valence-corrected chi connectivity index (χ3v) is 9.24. The number of hydrogen-bond donors (Lipinski definition) is 0. The summed E-state index contributed by atoms with van der Waals surface area (Å²) in [6.45, 7) is 2.14. The molecule has 7 heteroatoms. The Morgan fingerprint density at radius 3 is 2.09 bits per heavy atom. The molecule has 0 radical (unpaired) electrons. The van der Waals surface area contributed by atoms with Crippen molar-refractivity contribution in [2.45, 2.75) is 56.1 Å². The molecule has 7 rings (SSSR count). The Morgan fingerprint density at radius 1 is 1.00 bits per heavy atom. The highest BCUT2D eigenvalue weighted by Crippen LogP contribution is 2.67. The Labute approximate surface area is 207 Å². The van der Waals surface area contributed by atoms with Crippen molar-refractivity contribution in [1.29, 1.82) is 0 Å². The average molecular weight is 498 g/mol. The molecule has 2 unspecified atom stereocenters. The van der Waals surface area contributed by atoms with Crippen LogP contribution in [0.1, 0.15) is 49.7 Å². The smallest absolute Gasteiger partial charge is 0.412 e. The number of carbonyl (C=O) groups is 1. The van der Waals surface area contributed by atoms with Crippen molar-refractivity contribution >= 4 is 39.6 Å². The molecule has 4 aliphatic carbocycles. The van der Waals surface area contributed by atoms with Gasteiger partial charge in [-0.05, 0) is 95.4 Å². The number of fused-ring (bicyclic) bond motifs is 2. The fraction of sp³-hybridized carbons (Fsp3) is 0.464. The van der Waals surface area contributed by atoms with E-state index in [1.807, 2.05) is 0 Å². The van der Waals surface area contributed by atoms with Crippen molar-refractivity contribution in [3.8, 4) is 0 Å². The number of esters is 1. The molecular weight excluding hydrogens is 470 g/mol. The van der Waals surface area contributed by atoms with Gasteiger partial charge in [0.25, 0.3) is 0 Å². The fourth-order valence-corrected chi connectivity index (χ4v) is 8.42. The topological polar surface area (TPSA) is 58.6 Å². The van der Waals surface area contributed by atoms with E-state index in [9.17, 15) is 18.8 Å². The van der Waals surface area contributed by atoms with Gasteiger partial charge in [0.15, 0.2) is 0 Å². The second-order valence-corrected chi connectivity index (χ2v) is 11.9. The van der Waals surface area contributed by atoms with Gasteiger partial charge in [-0.1, -0.05) is 48.5 Å². The minimum absolute atomic E-state index is 0.0443. The zero-order valence-corrected chi connectivity index (χ0v) is 20.3. The first-order valence-corrected chi connectivity index (χ1v) is 12.9. The standard InChI is InChI=1S/C28H28F2O4S/c1-17-20-6-2-4-8-22(20)24(23-9-5-3-7-21(17)23)27-13-18-10-19(14-27)12-26(11-18,15-27)16-33-25(31)28(29,30)35-34-32/h2-9,18-19,32H,10-16H2,1H3/p-1. The largest absolute Gasteiger partial charge is 0.710 e. The lowest BCUT2D eigenvalue weighted by molar-refractivity contribution is -0.630. The summed E-state index contributed by atoms with van der Waals surface area (Å²) in [7, 11) is 0. The first kappa shape index (κ1) is 23.2. The lowest BCUT2D eigenvalue weighted by atomic mass is 9.42. The molecule has 4 bridgehead atoms. The van der Waals surface area contributed by atoms with E-state index < -0.39 is 23.3 Å². The summed E-state index contributed by atoms with van der Waals surface area (Å²) in [6, 6.07) is 17.2. The van der Waals surface area contributed by atoms with Gasteiger partial charge in [-0.25, -0.2) is 4.79 Å². The highest BCUT2D eigenvalue weighted by atomic mass is 32.2. The van der Waals surface area contributed by atoms with E-state index in [1.165, 1.54) is 32.7 Å². The molecule has 3 aromatic carbocycles. The number of ether oxygens (including phenoxy) is 1. The molecular formula is C28H27F2O4S-. The molecule has 4 fully saturated rings. The van der Waals surface area contributed by atoms with Gasteiger partial charge in [-0.3, -0.25) is 0 Å². The van der Waals surface area contributed by atoms with Crippen molar-refractivity contribution in [2.75, 3.05) is 6.61 Å². The molecule has 35 heavy (non-hydrogen) atoms. The zero-order chi connectivity index (χ0) is 24.4. The number of benzene rings is 3. The molecule has 4 nitrogen and oxygen atoms in total. The second kappa shape index (κ2) is 8.15. The van der Waals surface area contributed by atoms with Gasteiger partial charge >= 0.3 is 11.2 Å². The monoisotopic (exact) mass is 497 g/mol. The Bertz CT molecular complexity index is 1250. The van der Waals surface area contributed by atoms with Crippen LogP contribution in [-0.2, 0) is 19.3 Å². The third kappa shape index (κ3) is 3.66. The molecule has 0 spiro atoms. The van der Waals surface area contributed by atoms with Gasteiger partial charge in [0.1, 0.15) is 0 Å². The van der Waals surface area contributed by atoms with E-state index in [-0.39, 0.29) is 17.4 Å². The van der Waals surface area contributed by atoms with Gasteiger partial charge in [-0.15, -0.1) is 0 Å². The minimum Gasteiger partial charge on any atom is -0.710 e. The lowest BCUT2D eigenvalue weighted by Crippen LogP contribution is -2.56. The second-order valence-electron chi connectivity index (χ2n) is 11.1. The molecule has 0 N–H and O–H groups in total. The SMILES string of the molecule is Cc1c2ccccc2c(C23CC4CC(CC(COC(=O)C(F)(F)SO[O-])(C4)C2)C3)c2ccccc12. The molecule has 0 saturated heterocycles. The quantitative estimate of drug-likeness (QED) is 0.133. The molecule has 2 atom stereocenters. The van der Waals surface area contributed by atoms with E-state index in [0.717, 1.165) is 38.5 Å². The van der Waals surface area contributed by atoms with Gasteiger partial charge < -0.3 is 14.3 Å². The molecule has 0 aliphatic heterocycles. The van der Waals surface area contributed by atoms with Gasteiger partial charge in [0.2, 0.25) is 0 Å². The molecule has 0 aromatic heterocycles. The highest BCUT2D eigenvalue weighted by molar-refractivity contribution is 7.96. The van der Waals surface area contributed by atoms with Crippen LogP contribution in [-0.4, -0.2) is 17.8 Å². The summed E-state index contributed by atoms with van der Waals surface area (Å²) in [5.74, 6) is -0.739. The molecule has 0 heterocycles. The van der Waals surface area contributed by atoms with Gasteiger partial charge in [0, 0.05) is 5.41 Å². The summed E-state index contributed by atoms with van der Waals surface area (Å²) in [4.78, 5) is 12.1. The molecule has 0 amide bonds. The van der Waals surface area contributed by atoms with Crippen LogP contribution in [0, 0.1) is 24.2 Å². The van der Waals surface area contributed by atoms with Crippen LogP contribution < -0.4 is 5.26 Å². The van der Waals surface area contributed by atoms with Crippen molar-refractivity contribution in [2.24, 2.45) is 17.3 Å². The maximum Gasteiger partial charge on any atom is 0.412 e. The minimum atomic E-state index is -4.01. The van der Waals surface area contributed by atoms with E-state index in [4.69, 9.17) is 4.74 Å². The van der Waals surface area contributed by atoms with Crippen LogP contribution in [0.5, 0.6) is 0 Å². The third-order valence-electron chi connectivity index (χ3n) is 8.80. The lowest BCUT2D eigenvalue weighted by Gasteiger charge is -2.62. The number of aryl methyl sites for hydroxylation is 1. The highest BCUT2D eigenvalue weighted by Gasteiger charge is 2.59. The van der Waals surface area contributed by atoms with E-state index in [0.29, 0.717) is 11.8 Å². The van der Waals surface area contributed by atoms with Crippen LogP contribution in [0.25, 0.3) is 21.5 Å². The molecule has 4 aliphatic rings. The Hall–Kier alpha value is -2.22. The molecule has 184 valence electrons. The number of alkyl halides is 2. The van der Waals surface area contributed by atoms with Crippen molar-refractivity contribution < 1.29 is 27.9 Å². The number of carbonyl (C=O) groups excluding carboxylic acids is 1. The maximum atomic E-state index is 13.9. The first-order valence-electron chi connectivity index (χ1n) is 12.2. The fourth-order valence-electron chi connectivity index (χ4n) is 8.21. The first-order chi connectivity index (χ1) is 16.8. The Morgan fingerprint density at radius 2 is 1.54 bits per heavy atom. The van der Waals surface area contributed by atoms with Crippen LogP contribution in [0.2, 0.25) is 0 Å². The molecule has 4 saturated carbocycles. The summed E-state index contributed by atoms with van der Waals surface area (Å²) in [6.07, 6.45) is 5.88. The zero-order valence-electron chi connectivity index (χ0n) is 19.5. The summed E-state index contributed by atoms with van der Waals surface area (Å²) >= 11 is -0.705. The maximum absolute atomic E-state index is 13.9. The van der Waals surface area contributed by atoms with Crippen LogP contribution in [0.15, 0.2) is 48.5 Å². The molecule has 3 aromatic rings. The van der Waals surface area contributed by atoms with E-state index in [1.54, 1.807) is 0 Å². The normalized spacial score (nSPS) is 29.7. The Balaban J connectivity index is 1.44. The number of rotatable bonds is 6. The van der Waals surface area contributed by atoms with Crippen LogP contribution in [0.4, 0.5) is 8.78 Å².